The Morgan fingerprint density at radius 1 is 1.37 bits per heavy atom. The van der Waals surface area contributed by atoms with Crippen molar-refractivity contribution in [2.75, 3.05) is 5.73 Å². The number of aromatic nitrogens is 1. The fourth-order valence-corrected chi connectivity index (χ4v) is 1.70. The van der Waals surface area contributed by atoms with Gasteiger partial charge in [-0.3, -0.25) is 0 Å². The maximum absolute atomic E-state index is 11.0. The molecule has 0 saturated carbocycles. The number of anilines is 1. The van der Waals surface area contributed by atoms with E-state index in [2.05, 4.69) is 5.16 Å². The SMILES string of the molecule is CC(C)Oc1ccc(-c2c(C(=O)O)noc2N)cc1. The van der Waals surface area contributed by atoms with Crippen LogP contribution in [0.4, 0.5) is 5.88 Å². The van der Waals surface area contributed by atoms with Gasteiger partial charge in [0.15, 0.2) is 0 Å². The van der Waals surface area contributed by atoms with Gasteiger partial charge in [0.2, 0.25) is 11.6 Å². The number of benzene rings is 1. The first kappa shape index (κ1) is 12.9. The topological polar surface area (TPSA) is 98.6 Å². The molecule has 0 bridgehead atoms. The van der Waals surface area contributed by atoms with Gasteiger partial charge >= 0.3 is 5.97 Å². The summed E-state index contributed by atoms with van der Waals surface area (Å²) in [4.78, 5) is 11.0. The Bertz CT molecular complexity index is 587. The van der Waals surface area contributed by atoms with E-state index in [1.807, 2.05) is 13.8 Å². The van der Waals surface area contributed by atoms with Crippen LogP contribution in [0.25, 0.3) is 11.1 Å². The minimum absolute atomic E-state index is 0.0186. The molecule has 1 aromatic carbocycles. The largest absolute Gasteiger partial charge is 0.491 e. The van der Waals surface area contributed by atoms with Crippen LogP contribution in [0.3, 0.4) is 0 Å². The van der Waals surface area contributed by atoms with Gasteiger partial charge in [-0.25, -0.2) is 4.79 Å². The summed E-state index contributed by atoms with van der Waals surface area (Å²) >= 11 is 0. The van der Waals surface area contributed by atoms with Crippen molar-refractivity contribution >= 4 is 11.9 Å². The average molecular weight is 262 g/mol. The maximum atomic E-state index is 11.0. The molecule has 3 N–H and O–H groups in total. The predicted octanol–water partition coefficient (Wildman–Crippen LogP) is 2.41. The van der Waals surface area contributed by atoms with E-state index in [0.29, 0.717) is 11.3 Å². The van der Waals surface area contributed by atoms with Crippen LogP contribution in [0.2, 0.25) is 0 Å². The lowest BCUT2D eigenvalue weighted by Crippen LogP contribution is -2.05. The monoisotopic (exact) mass is 262 g/mol. The molecule has 6 nitrogen and oxygen atoms in total. The number of ether oxygens (including phenoxy) is 1. The van der Waals surface area contributed by atoms with Gasteiger partial charge in [-0.1, -0.05) is 17.3 Å². The predicted molar refractivity (Wildman–Crippen MR) is 69.1 cm³/mol. The van der Waals surface area contributed by atoms with Crippen molar-refractivity contribution in [3.8, 4) is 16.9 Å². The van der Waals surface area contributed by atoms with Crippen molar-refractivity contribution in [2.45, 2.75) is 20.0 Å². The van der Waals surface area contributed by atoms with Crippen LogP contribution < -0.4 is 10.5 Å². The number of carbonyl (C=O) groups is 1. The lowest BCUT2D eigenvalue weighted by atomic mass is 10.1. The van der Waals surface area contributed by atoms with E-state index in [1.165, 1.54) is 0 Å². The minimum atomic E-state index is -1.18. The summed E-state index contributed by atoms with van der Waals surface area (Å²) in [5.41, 5.74) is 6.31. The van der Waals surface area contributed by atoms with Gasteiger partial charge in [0.1, 0.15) is 5.75 Å². The number of nitrogens with zero attached hydrogens (tertiary/aromatic N) is 1. The summed E-state index contributed by atoms with van der Waals surface area (Å²) in [7, 11) is 0. The summed E-state index contributed by atoms with van der Waals surface area (Å²) < 4.78 is 10.2. The van der Waals surface area contributed by atoms with E-state index < -0.39 is 5.97 Å². The van der Waals surface area contributed by atoms with Gasteiger partial charge < -0.3 is 20.1 Å². The zero-order chi connectivity index (χ0) is 14.0. The van der Waals surface area contributed by atoms with Crippen molar-refractivity contribution in [3.63, 3.8) is 0 Å². The molecule has 2 rings (SSSR count). The molecule has 0 amide bonds. The number of hydrogen-bond donors (Lipinski definition) is 2. The van der Waals surface area contributed by atoms with E-state index in [4.69, 9.17) is 20.1 Å². The molecule has 0 unspecified atom stereocenters. The highest BCUT2D eigenvalue weighted by molar-refractivity contribution is 5.96. The fourth-order valence-electron chi connectivity index (χ4n) is 1.70. The van der Waals surface area contributed by atoms with Gasteiger partial charge in [0.25, 0.3) is 0 Å². The van der Waals surface area contributed by atoms with Gasteiger partial charge in [0, 0.05) is 0 Å². The molecule has 0 fully saturated rings. The Morgan fingerprint density at radius 2 is 2.00 bits per heavy atom. The van der Waals surface area contributed by atoms with Crippen molar-refractivity contribution in [3.05, 3.63) is 30.0 Å². The third-order valence-corrected chi connectivity index (χ3v) is 2.44. The maximum Gasteiger partial charge on any atom is 0.358 e. The van der Waals surface area contributed by atoms with Gasteiger partial charge in [0.05, 0.1) is 11.7 Å². The number of carboxylic acid groups (broad SMARTS) is 1. The van der Waals surface area contributed by atoms with Crippen molar-refractivity contribution in [1.82, 2.24) is 5.16 Å². The molecule has 0 radical (unpaired) electrons. The summed E-state index contributed by atoms with van der Waals surface area (Å²) in [5, 5.41) is 12.4. The van der Waals surface area contributed by atoms with E-state index in [9.17, 15) is 4.79 Å². The van der Waals surface area contributed by atoms with Crippen LogP contribution in [0, 0.1) is 0 Å². The minimum Gasteiger partial charge on any atom is -0.491 e. The molecule has 100 valence electrons. The average Bonchev–Trinajstić information content (AvgIpc) is 2.71. The molecule has 2 aromatic rings. The Hall–Kier alpha value is -2.50. The van der Waals surface area contributed by atoms with E-state index in [-0.39, 0.29) is 23.2 Å². The summed E-state index contributed by atoms with van der Waals surface area (Å²) in [6, 6.07) is 6.92. The number of carboxylic acids is 1. The molecule has 0 saturated heterocycles. The van der Waals surface area contributed by atoms with Crippen LogP contribution in [0.5, 0.6) is 5.75 Å². The van der Waals surface area contributed by atoms with Crippen LogP contribution in [0.1, 0.15) is 24.3 Å². The fraction of sp³-hybridized carbons (Fsp3) is 0.231. The third-order valence-electron chi connectivity index (χ3n) is 2.44. The Labute approximate surface area is 109 Å². The third kappa shape index (κ3) is 2.67. The molecule has 0 aliphatic carbocycles. The van der Waals surface area contributed by atoms with Crippen LogP contribution in [-0.2, 0) is 0 Å². The first-order chi connectivity index (χ1) is 8.99. The normalized spacial score (nSPS) is 10.7. The second-order valence-corrected chi connectivity index (χ2v) is 4.27. The molecular formula is C13H14N2O4. The van der Waals surface area contributed by atoms with Crippen LogP contribution >= 0.6 is 0 Å². The molecule has 0 aliphatic heterocycles. The molecule has 0 spiro atoms. The molecule has 0 aliphatic rings. The van der Waals surface area contributed by atoms with Crippen molar-refractivity contribution in [2.24, 2.45) is 0 Å². The number of aromatic carboxylic acids is 1. The second kappa shape index (κ2) is 5.01. The summed E-state index contributed by atoms with van der Waals surface area (Å²) in [6.45, 7) is 3.85. The molecule has 1 heterocycles. The number of rotatable bonds is 4. The van der Waals surface area contributed by atoms with Crippen LogP contribution in [0.15, 0.2) is 28.8 Å². The Kier molecular flexibility index (Phi) is 3.41. The smallest absolute Gasteiger partial charge is 0.358 e. The second-order valence-electron chi connectivity index (χ2n) is 4.27. The van der Waals surface area contributed by atoms with Gasteiger partial charge in [-0.05, 0) is 31.5 Å². The van der Waals surface area contributed by atoms with Crippen LogP contribution in [-0.4, -0.2) is 22.3 Å². The van der Waals surface area contributed by atoms with E-state index in [1.54, 1.807) is 24.3 Å². The zero-order valence-electron chi connectivity index (χ0n) is 10.6. The van der Waals surface area contributed by atoms with Gasteiger partial charge in [-0.2, -0.15) is 0 Å². The van der Waals surface area contributed by atoms with Crippen molar-refractivity contribution < 1.29 is 19.2 Å². The summed E-state index contributed by atoms with van der Waals surface area (Å²) in [5.74, 6) is -0.501. The zero-order valence-corrected chi connectivity index (χ0v) is 10.6. The highest BCUT2D eigenvalue weighted by Crippen LogP contribution is 2.31. The first-order valence-electron chi connectivity index (χ1n) is 5.74. The van der Waals surface area contributed by atoms with Gasteiger partial charge in [-0.15, -0.1) is 0 Å². The Balaban J connectivity index is 2.37. The standard InChI is InChI=1S/C13H14N2O4/c1-7(2)18-9-5-3-8(4-6-9)10-11(13(16)17)15-19-12(10)14/h3-7H,14H2,1-2H3,(H,16,17). The molecule has 0 atom stereocenters. The van der Waals surface area contributed by atoms with Crippen molar-refractivity contribution in [1.29, 1.82) is 0 Å². The summed E-state index contributed by atoms with van der Waals surface area (Å²) in [6.07, 6.45) is 0.0705. The lowest BCUT2D eigenvalue weighted by molar-refractivity contribution is 0.0686. The first-order valence-corrected chi connectivity index (χ1v) is 5.74. The van der Waals surface area contributed by atoms with E-state index in [0.717, 1.165) is 0 Å². The highest BCUT2D eigenvalue weighted by atomic mass is 16.5. The molecule has 1 aromatic heterocycles. The quantitative estimate of drug-likeness (QED) is 0.877. The van der Waals surface area contributed by atoms with E-state index >= 15 is 0 Å². The highest BCUT2D eigenvalue weighted by Gasteiger charge is 2.21. The Morgan fingerprint density at radius 3 is 2.53 bits per heavy atom. The lowest BCUT2D eigenvalue weighted by Gasteiger charge is -2.09. The number of hydrogen-bond acceptors (Lipinski definition) is 5. The molecular weight excluding hydrogens is 248 g/mol. The molecule has 6 heteroatoms. The molecule has 19 heavy (non-hydrogen) atoms. The number of nitrogen functional groups attached to an aromatic ring is 1. The number of nitrogens with two attached hydrogens (primary N) is 1.